The molecular weight excluding hydrogens is 530 g/mol. The number of hydrogen-bond donors (Lipinski definition) is 1. The Morgan fingerprint density at radius 2 is 1.84 bits per heavy atom. The van der Waals surface area contributed by atoms with Crippen LogP contribution in [0, 0.1) is 0 Å². The highest BCUT2D eigenvalue weighted by atomic mass is 35.5. The van der Waals surface area contributed by atoms with Crippen molar-refractivity contribution in [2.45, 2.75) is 26.2 Å². The highest BCUT2D eigenvalue weighted by Crippen LogP contribution is 2.35. The van der Waals surface area contributed by atoms with Gasteiger partial charge in [-0.1, -0.05) is 23.7 Å². The van der Waals surface area contributed by atoms with E-state index in [2.05, 4.69) is 5.32 Å². The van der Waals surface area contributed by atoms with Crippen molar-refractivity contribution in [2.75, 3.05) is 38.2 Å². The van der Waals surface area contributed by atoms with Crippen molar-refractivity contribution >= 4 is 58.1 Å². The zero-order valence-corrected chi connectivity index (χ0v) is 22.5. The smallest absolute Gasteiger partial charge is 0.294 e. The topological polar surface area (TPSA) is 105 Å². The average Bonchev–Trinajstić information content (AvgIpc) is 3.16. The second-order valence-electron chi connectivity index (χ2n) is 8.70. The Hall–Kier alpha value is -3.50. The van der Waals surface area contributed by atoms with Crippen LogP contribution < -0.4 is 14.8 Å². The number of halogens is 1. The maximum Gasteiger partial charge on any atom is 0.294 e. The summed E-state index contributed by atoms with van der Waals surface area (Å²) in [7, 11) is 0. The molecule has 0 saturated carbocycles. The minimum atomic E-state index is -0.499. The first-order chi connectivity index (χ1) is 18.3. The van der Waals surface area contributed by atoms with Crippen molar-refractivity contribution in [3.8, 4) is 11.5 Å². The molecule has 2 aliphatic rings. The van der Waals surface area contributed by atoms with Crippen LogP contribution >= 0.6 is 23.4 Å². The molecule has 1 N–H and O–H groups in total. The molecular formula is C27H28ClN3O6S. The molecule has 2 saturated heterocycles. The first kappa shape index (κ1) is 27.5. The van der Waals surface area contributed by atoms with Gasteiger partial charge in [-0.15, -0.1) is 0 Å². The molecule has 11 heteroatoms. The van der Waals surface area contributed by atoms with Crippen molar-refractivity contribution in [1.82, 2.24) is 9.80 Å². The van der Waals surface area contributed by atoms with Gasteiger partial charge in [0.05, 0.1) is 11.5 Å². The van der Waals surface area contributed by atoms with Crippen LogP contribution in [-0.2, 0) is 14.4 Å². The second-order valence-corrected chi connectivity index (χ2v) is 10.1. The molecule has 2 aromatic rings. The molecule has 4 amide bonds. The Bertz CT molecular complexity index is 1260. The van der Waals surface area contributed by atoms with Gasteiger partial charge in [-0.05, 0) is 79.9 Å². The molecule has 2 aliphatic heterocycles. The van der Waals surface area contributed by atoms with Gasteiger partial charge in [-0.2, -0.15) is 0 Å². The summed E-state index contributed by atoms with van der Waals surface area (Å²) in [4.78, 5) is 53.2. The molecule has 0 unspecified atom stereocenters. The molecule has 4 rings (SSSR count). The number of carbonyl (C=O) groups is 4. The number of ether oxygens (including phenoxy) is 2. The van der Waals surface area contributed by atoms with E-state index < -0.39 is 11.1 Å². The van der Waals surface area contributed by atoms with Gasteiger partial charge >= 0.3 is 0 Å². The number of thioether (sulfide) groups is 1. The van der Waals surface area contributed by atoms with Crippen molar-refractivity contribution in [2.24, 2.45) is 0 Å². The average molecular weight is 558 g/mol. The fourth-order valence-electron chi connectivity index (χ4n) is 4.07. The number of hydrogen-bond acceptors (Lipinski definition) is 7. The summed E-state index contributed by atoms with van der Waals surface area (Å²) in [5.41, 5.74) is 1.16. The first-order valence-electron chi connectivity index (χ1n) is 12.3. The van der Waals surface area contributed by atoms with Crippen LogP contribution in [0.5, 0.6) is 11.5 Å². The first-order valence-corrected chi connectivity index (χ1v) is 13.5. The summed E-state index contributed by atoms with van der Waals surface area (Å²) in [6.07, 6.45) is 4.52. The highest BCUT2D eigenvalue weighted by Gasteiger charge is 2.37. The Labute approximate surface area is 230 Å². The Morgan fingerprint density at radius 3 is 2.58 bits per heavy atom. The third-order valence-corrected chi connectivity index (χ3v) is 7.05. The number of anilines is 1. The largest absolute Gasteiger partial charge is 0.490 e. The minimum absolute atomic E-state index is 0.215. The summed E-state index contributed by atoms with van der Waals surface area (Å²) in [6, 6.07) is 11.8. The molecule has 0 aliphatic carbocycles. The normalized spacial score (nSPS) is 16.6. The zero-order valence-electron chi connectivity index (χ0n) is 20.9. The molecule has 38 heavy (non-hydrogen) atoms. The Morgan fingerprint density at radius 1 is 1.05 bits per heavy atom. The van der Waals surface area contributed by atoms with Crippen LogP contribution in [0.15, 0.2) is 47.4 Å². The van der Waals surface area contributed by atoms with Gasteiger partial charge in [0.15, 0.2) is 18.1 Å². The SMILES string of the molecule is CCOc1cc(/C=C2/SC(=O)N(CC(=O)N3CCCCC3)C2=O)ccc1OCC(=O)Nc1cccc(Cl)c1. The number of carbonyl (C=O) groups excluding carboxylic acids is 4. The molecule has 2 heterocycles. The summed E-state index contributed by atoms with van der Waals surface area (Å²) < 4.78 is 11.3. The number of rotatable bonds is 9. The lowest BCUT2D eigenvalue weighted by Gasteiger charge is -2.27. The maximum atomic E-state index is 12.9. The van der Waals surface area contributed by atoms with E-state index in [1.165, 1.54) is 0 Å². The molecule has 0 atom stereocenters. The van der Waals surface area contributed by atoms with Gasteiger partial charge in [0.25, 0.3) is 17.1 Å². The van der Waals surface area contributed by atoms with Crippen LogP contribution in [0.2, 0.25) is 5.02 Å². The van der Waals surface area contributed by atoms with Gasteiger partial charge < -0.3 is 19.7 Å². The maximum absolute atomic E-state index is 12.9. The van der Waals surface area contributed by atoms with Crippen LogP contribution in [-0.4, -0.2) is 65.6 Å². The van der Waals surface area contributed by atoms with Gasteiger partial charge in [-0.25, -0.2) is 0 Å². The van der Waals surface area contributed by atoms with Gasteiger partial charge in [0.2, 0.25) is 5.91 Å². The standard InChI is InChI=1S/C27H28ClN3O6S/c1-2-36-22-13-18(9-10-21(22)37-17-24(32)29-20-8-6-7-19(28)15-20)14-23-26(34)31(27(35)38-23)16-25(33)30-11-4-3-5-12-30/h6-10,13-15H,2-5,11-12,16-17H2,1H3,(H,29,32)/b23-14+. The molecule has 200 valence electrons. The van der Waals surface area contributed by atoms with Crippen molar-refractivity contribution < 1.29 is 28.7 Å². The number of imide groups is 1. The zero-order chi connectivity index (χ0) is 27.1. The number of piperidine rings is 1. The molecule has 9 nitrogen and oxygen atoms in total. The van der Waals surface area contributed by atoms with E-state index in [4.69, 9.17) is 21.1 Å². The Kier molecular flexibility index (Phi) is 9.30. The van der Waals surface area contributed by atoms with Crippen LogP contribution in [0.25, 0.3) is 6.08 Å². The van der Waals surface area contributed by atoms with E-state index in [1.807, 2.05) is 6.92 Å². The lowest BCUT2D eigenvalue weighted by Crippen LogP contribution is -2.44. The molecule has 2 fully saturated rings. The molecule has 0 bridgehead atoms. The predicted octanol–water partition coefficient (Wildman–Crippen LogP) is 4.81. The monoisotopic (exact) mass is 557 g/mol. The summed E-state index contributed by atoms with van der Waals surface area (Å²) in [6.45, 7) is 2.96. The quantitative estimate of drug-likeness (QED) is 0.441. The number of benzene rings is 2. The van der Waals surface area contributed by atoms with Crippen LogP contribution in [0.3, 0.4) is 0 Å². The van der Waals surface area contributed by atoms with Crippen LogP contribution in [0.4, 0.5) is 10.5 Å². The fraction of sp³-hybridized carbons (Fsp3) is 0.333. The highest BCUT2D eigenvalue weighted by molar-refractivity contribution is 8.18. The molecule has 0 spiro atoms. The van der Waals surface area contributed by atoms with Gasteiger partial charge in [0, 0.05) is 23.8 Å². The van der Waals surface area contributed by atoms with Gasteiger partial charge in [-0.3, -0.25) is 24.1 Å². The summed E-state index contributed by atoms with van der Waals surface area (Å²) in [5.74, 6) is -0.345. The number of nitrogens with one attached hydrogen (secondary N) is 1. The molecule has 0 radical (unpaired) electrons. The van der Waals surface area contributed by atoms with E-state index in [1.54, 1.807) is 53.4 Å². The van der Waals surface area contributed by atoms with Crippen molar-refractivity contribution in [1.29, 1.82) is 0 Å². The third kappa shape index (κ3) is 7.08. The van der Waals surface area contributed by atoms with Gasteiger partial charge in [0.1, 0.15) is 6.54 Å². The lowest BCUT2D eigenvalue weighted by atomic mass is 10.1. The predicted molar refractivity (Wildman–Crippen MR) is 146 cm³/mol. The van der Waals surface area contributed by atoms with E-state index in [9.17, 15) is 19.2 Å². The van der Waals surface area contributed by atoms with Crippen molar-refractivity contribution in [3.63, 3.8) is 0 Å². The third-order valence-electron chi connectivity index (χ3n) is 5.91. The summed E-state index contributed by atoms with van der Waals surface area (Å²) >= 11 is 6.75. The van der Waals surface area contributed by atoms with E-state index in [-0.39, 0.29) is 29.9 Å². The molecule has 0 aromatic heterocycles. The number of likely N-dealkylation sites (tertiary alicyclic amines) is 1. The summed E-state index contributed by atoms with van der Waals surface area (Å²) in [5, 5.41) is 2.74. The van der Waals surface area contributed by atoms with E-state index in [0.717, 1.165) is 35.9 Å². The van der Waals surface area contributed by atoms with Crippen molar-refractivity contribution in [3.05, 3.63) is 58.0 Å². The molecule has 2 aromatic carbocycles. The van der Waals surface area contributed by atoms with E-state index in [0.29, 0.717) is 47.5 Å². The minimum Gasteiger partial charge on any atom is -0.490 e. The number of nitrogens with zero attached hydrogens (tertiary/aromatic N) is 2. The second kappa shape index (κ2) is 12.8. The fourth-order valence-corrected chi connectivity index (χ4v) is 5.10. The van der Waals surface area contributed by atoms with E-state index >= 15 is 0 Å². The Balaban J connectivity index is 1.41. The number of amides is 4. The van der Waals surface area contributed by atoms with Crippen LogP contribution in [0.1, 0.15) is 31.7 Å². The lowest BCUT2D eigenvalue weighted by molar-refractivity contribution is -0.136.